The van der Waals surface area contributed by atoms with Crippen molar-refractivity contribution >= 4 is 31.9 Å². The minimum absolute atomic E-state index is 1.09. The molecule has 0 spiro atoms. The number of halogens is 2. The van der Waals surface area contributed by atoms with Crippen molar-refractivity contribution in [2.24, 2.45) is 0 Å². The minimum atomic E-state index is 1.09. The summed E-state index contributed by atoms with van der Waals surface area (Å²) in [6.45, 7) is 2.07. The smallest absolute Gasteiger partial charge is 0.0254 e. The molecule has 15 heavy (non-hydrogen) atoms. The van der Waals surface area contributed by atoms with Gasteiger partial charge in [-0.3, -0.25) is 0 Å². The zero-order valence-corrected chi connectivity index (χ0v) is 11.4. The van der Waals surface area contributed by atoms with E-state index in [0.717, 1.165) is 14.5 Å². The van der Waals surface area contributed by atoms with Gasteiger partial charge in [-0.15, -0.1) is 0 Å². The quantitative estimate of drug-likeness (QED) is 0.693. The largest absolute Gasteiger partial charge is 0.0610 e. The van der Waals surface area contributed by atoms with Gasteiger partial charge in [0.05, 0.1) is 0 Å². The zero-order valence-electron chi connectivity index (χ0n) is 8.22. The Labute approximate surface area is 107 Å². The highest BCUT2D eigenvalue weighted by molar-refractivity contribution is 9.11. The molecule has 0 saturated heterocycles. The number of aryl methyl sites for hydroxylation is 1. The van der Waals surface area contributed by atoms with E-state index in [9.17, 15) is 0 Å². The molecule has 0 aromatic heterocycles. The van der Waals surface area contributed by atoms with Gasteiger partial charge < -0.3 is 0 Å². The van der Waals surface area contributed by atoms with Crippen LogP contribution in [-0.4, -0.2) is 0 Å². The summed E-state index contributed by atoms with van der Waals surface area (Å²) in [5.41, 5.74) is 3.57. The Morgan fingerprint density at radius 1 is 1.07 bits per heavy atom. The summed E-state index contributed by atoms with van der Waals surface area (Å²) in [7, 11) is 0. The summed E-state index contributed by atoms with van der Waals surface area (Å²) in [6, 6.07) is 15.4. The summed E-state index contributed by atoms with van der Waals surface area (Å²) in [6.07, 6.45) is 0. The van der Waals surface area contributed by atoms with Gasteiger partial charge in [0, 0.05) is 8.95 Å². The Balaban J connectivity index is 2.64. The lowest BCUT2D eigenvalue weighted by Crippen LogP contribution is -1.84. The van der Waals surface area contributed by atoms with Crippen LogP contribution < -0.4 is 0 Å². The summed E-state index contributed by atoms with van der Waals surface area (Å²) < 4.78 is 2.19. The minimum Gasteiger partial charge on any atom is -0.0610 e. The Morgan fingerprint density at radius 2 is 1.87 bits per heavy atom. The van der Waals surface area contributed by atoms with Crippen molar-refractivity contribution in [3.63, 3.8) is 0 Å². The Kier molecular flexibility index (Phi) is 3.27. The van der Waals surface area contributed by atoms with E-state index in [1.165, 1.54) is 11.1 Å². The highest BCUT2D eigenvalue weighted by atomic mass is 79.9. The molecule has 0 fully saturated rings. The zero-order chi connectivity index (χ0) is 10.8. The predicted octanol–water partition coefficient (Wildman–Crippen LogP) is 4.99. The van der Waals surface area contributed by atoms with Crippen molar-refractivity contribution in [2.45, 2.75) is 6.92 Å². The highest BCUT2D eigenvalue weighted by Gasteiger charge is 2.05. The highest BCUT2D eigenvalue weighted by Crippen LogP contribution is 2.32. The van der Waals surface area contributed by atoms with Gasteiger partial charge in [-0.25, -0.2) is 0 Å². The molecule has 0 aliphatic rings. The van der Waals surface area contributed by atoms with Crippen LogP contribution in [-0.2, 0) is 0 Å². The topological polar surface area (TPSA) is 0 Å². The first-order valence-corrected chi connectivity index (χ1v) is 6.20. The Morgan fingerprint density at radius 3 is 2.60 bits per heavy atom. The van der Waals surface area contributed by atoms with E-state index in [1.54, 1.807) is 0 Å². The van der Waals surface area contributed by atoms with Gasteiger partial charge in [0.1, 0.15) is 0 Å². The maximum atomic E-state index is 3.57. The second kappa shape index (κ2) is 4.50. The normalized spacial score (nSPS) is 10.3. The standard InChI is InChI=1S/C13H9Br2/c1-9-4-2-3-5-11(9)12-8-10(14)6-7-13(12)15/h2-3,5-8H,1H3. The SMILES string of the molecule is Cc1[c]cccc1-c1cc(Br)ccc1Br. The molecule has 0 heterocycles. The predicted molar refractivity (Wildman–Crippen MR) is 70.9 cm³/mol. The molecule has 0 N–H and O–H groups in total. The van der Waals surface area contributed by atoms with Crippen LogP contribution in [0.5, 0.6) is 0 Å². The summed E-state index contributed by atoms with van der Waals surface area (Å²) in [5.74, 6) is 0. The number of rotatable bonds is 1. The van der Waals surface area contributed by atoms with Gasteiger partial charge in [-0.1, -0.05) is 50.1 Å². The van der Waals surface area contributed by atoms with E-state index in [4.69, 9.17) is 0 Å². The molecule has 0 nitrogen and oxygen atoms in total. The summed E-state index contributed by atoms with van der Waals surface area (Å²) >= 11 is 7.05. The maximum absolute atomic E-state index is 3.57. The van der Waals surface area contributed by atoms with Crippen molar-refractivity contribution in [1.29, 1.82) is 0 Å². The molecule has 2 aromatic rings. The van der Waals surface area contributed by atoms with Gasteiger partial charge in [-0.05, 0) is 47.9 Å². The molecule has 0 unspecified atom stereocenters. The van der Waals surface area contributed by atoms with Gasteiger partial charge >= 0.3 is 0 Å². The lowest BCUT2D eigenvalue weighted by atomic mass is 10.0. The van der Waals surface area contributed by atoms with Crippen molar-refractivity contribution in [3.05, 3.63) is 57.0 Å². The molecule has 0 bridgehead atoms. The first kappa shape index (κ1) is 10.9. The lowest BCUT2D eigenvalue weighted by molar-refractivity contribution is 1.43. The number of hydrogen-bond donors (Lipinski definition) is 0. The fourth-order valence-electron chi connectivity index (χ4n) is 1.52. The van der Waals surface area contributed by atoms with Crippen LogP contribution in [0.4, 0.5) is 0 Å². The van der Waals surface area contributed by atoms with E-state index in [-0.39, 0.29) is 0 Å². The fourth-order valence-corrected chi connectivity index (χ4v) is 2.34. The third kappa shape index (κ3) is 2.32. The third-order valence-corrected chi connectivity index (χ3v) is 3.47. The average molecular weight is 325 g/mol. The third-order valence-electron chi connectivity index (χ3n) is 2.28. The van der Waals surface area contributed by atoms with E-state index >= 15 is 0 Å². The van der Waals surface area contributed by atoms with Crippen molar-refractivity contribution in [1.82, 2.24) is 0 Å². The molecule has 0 aliphatic carbocycles. The van der Waals surface area contributed by atoms with Crippen LogP contribution in [0, 0.1) is 13.0 Å². The first-order valence-electron chi connectivity index (χ1n) is 4.61. The second-order valence-electron chi connectivity index (χ2n) is 3.33. The molecule has 0 aliphatic heterocycles. The van der Waals surface area contributed by atoms with Crippen LogP contribution in [0.1, 0.15) is 5.56 Å². The molecular weight excluding hydrogens is 316 g/mol. The molecule has 2 heteroatoms. The van der Waals surface area contributed by atoms with E-state index in [0.29, 0.717) is 0 Å². The van der Waals surface area contributed by atoms with Crippen LogP contribution in [0.3, 0.4) is 0 Å². The number of benzene rings is 2. The van der Waals surface area contributed by atoms with Crippen molar-refractivity contribution < 1.29 is 0 Å². The average Bonchev–Trinajstić information content (AvgIpc) is 2.23. The lowest BCUT2D eigenvalue weighted by Gasteiger charge is -2.08. The van der Waals surface area contributed by atoms with E-state index < -0.39 is 0 Å². The molecule has 0 saturated carbocycles. The van der Waals surface area contributed by atoms with E-state index in [2.05, 4.69) is 57.0 Å². The fraction of sp³-hybridized carbons (Fsp3) is 0.0769. The Bertz CT molecular complexity index is 490. The molecule has 0 amide bonds. The second-order valence-corrected chi connectivity index (χ2v) is 5.10. The number of hydrogen-bond acceptors (Lipinski definition) is 0. The molecular formula is C13H9Br2. The van der Waals surface area contributed by atoms with Gasteiger partial charge in [0.25, 0.3) is 0 Å². The van der Waals surface area contributed by atoms with Crippen LogP contribution in [0.15, 0.2) is 45.3 Å². The molecule has 1 radical (unpaired) electrons. The van der Waals surface area contributed by atoms with Crippen LogP contribution in [0.25, 0.3) is 11.1 Å². The van der Waals surface area contributed by atoms with Gasteiger partial charge in [0.15, 0.2) is 0 Å². The maximum Gasteiger partial charge on any atom is 0.0254 e. The summed E-state index contributed by atoms with van der Waals surface area (Å²) in [4.78, 5) is 0. The van der Waals surface area contributed by atoms with Crippen molar-refractivity contribution in [2.75, 3.05) is 0 Å². The van der Waals surface area contributed by atoms with Crippen LogP contribution >= 0.6 is 31.9 Å². The molecule has 0 atom stereocenters. The van der Waals surface area contributed by atoms with E-state index in [1.807, 2.05) is 24.3 Å². The Hall–Kier alpha value is -0.600. The first-order chi connectivity index (χ1) is 7.18. The summed E-state index contributed by atoms with van der Waals surface area (Å²) in [5, 5.41) is 0. The molecule has 2 aromatic carbocycles. The monoisotopic (exact) mass is 323 g/mol. The van der Waals surface area contributed by atoms with Gasteiger partial charge in [0.2, 0.25) is 0 Å². The van der Waals surface area contributed by atoms with Crippen LogP contribution in [0.2, 0.25) is 0 Å². The van der Waals surface area contributed by atoms with Gasteiger partial charge in [-0.2, -0.15) is 0 Å². The van der Waals surface area contributed by atoms with Crippen molar-refractivity contribution in [3.8, 4) is 11.1 Å². The molecule has 75 valence electrons. The molecule has 2 rings (SSSR count).